The number of carbonyl (C=O) groups excluding carboxylic acids is 1. The molecule has 3 rings (SSSR count). The maximum Gasteiger partial charge on any atom is 0.250 e. The molecule has 1 N–H and O–H groups in total. The predicted octanol–water partition coefficient (Wildman–Crippen LogP) is 3.30. The van der Waals surface area contributed by atoms with Crippen molar-refractivity contribution in [1.29, 1.82) is 0 Å². The van der Waals surface area contributed by atoms with E-state index in [1.807, 2.05) is 6.92 Å². The lowest BCUT2D eigenvalue weighted by atomic mass is 10.1. The number of aldehydes is 1. The molecule has 0 atom stereocenters. The first-order valence-electron chi connectivity index (χ1n) is 6.34. The van der Waals surface area contributed by atoms with Crippen LogP contribution in [0.1, 0.15) is 21.7 Å². The Bertz CT molecular complexity index is 803. The molecule has 2 heterocycles. The summed E-state index contributed by atoms with van der Waals surface area (Å²) in [6.07, 6.45) is 0.760. The normalized spacial score (nSPS) is 10.8. The van der Waals surface area contributed by atoms with E-state index in [2.05, 4.69) is 15.2 Å². The number of aryl methyl sites for hydroxylation is 2. The summed E-state index contributed by atoms with van der Waals surface area (Å²) < 4.78 is 18.5. The van der Waals surface area contributed by atoms with Crippen LogP contribution in [0.4, 0.5) is 4.39 Å². The van der Waals surface area contributed by atoms with Gasteiger partial charge in [0.1, 0.15) is 5.82 Å². The minimum Gasteiger partial charge on any atom is -0.416 e. The highest BCUT2D eigenvalue weighted by Crippen LogP contribution is 2.30. The monoisotopic (exact) mass is 285 g/mol. The van der Waals surface area contributed by atoms with Crippen LogP contribution in [0, 0.1) is 19.7 Å². The molecule has 2 aromatic heterocycles. The van der Waals surface area contributed by atoms with Crippen LogP contribution >= 0.6 is 0 Å². The van der Waals surface area contributed by atoms with Crippen molar-refractivity contribution in [2.45, 2.75) is 13.8 Å². The van der Waals surface area contributed by atoms with Gasteiger partial charge in [-0.25, -0.2) is 4.39 Å². The number of rotatable bonds is 3. The van der Waals surface area contributed by atoms with E-state index in [-0.39, 0.29) is 17.6 Å². The number of aromatic amines is 1. The summed E-state index contributed by atoms with van der Waals surface area (Å²) in [7, 11) is 0. The third-order valence-electron chi connectivity index (χ3n) is 3.27. The van der Waals surface area contributed by atoms with E-state index in [0.29, 0.717) is 16.7 Å². The van der Waals surface area contributed by atoms with Crippen LogP contribution in [0.3, 0.4) is 0 Å². The highest BCUT2D eigenvalue weighted by atomic mass is 19.1. The third kappa shape index (κ3) is 2.24. The first-order chi connectivity index (χ1) is 10.1. The Morgan fingerprint density at radius 1 is 1.10 bits per heavy atom. The molecule has 0 aliphatic rings. The van der Waals surface area contributed by atoms with Crippen LogP contribution in [0.2, 0.25) is 0 Å². The van der Waals surface area contributed by atoms with Crippen molar-refractivity contribution in [2.24, 2.45) is 0 Å². The zero-order chi connectivity index (χ0) is 15.0. The van der Waals surface area contributed by atoms with Crippen LogP contribution in [-0.2, 0) is 0 Å². The van der Waals surface area contributed by atoms with Crippen molar-refractivity contribution in [1.82, 2.24) is 15.2 Å². The number of H-pyrrole nitrogens is 1. The van der Waals surface area contributed by atoms with Crippen molar-refractivity contribution in [2.75, 3.05) is 0 Å². The summed E-state index contributed by atoms with van der Waals surface area (Å²) in [5.41, 5.74) is 3.25. The van der Waals surface area contributed by atoms with Crippen molar-refractivity contribution in [3.8, 4) is 22.9 Å². The standard InChI is InChI=1S/C15H12FN3O2/c1-8-12(7-20)13(9(2)17-8)15-19-18-14(21-15)10-3-5-11(16)6-4-10/h3-7,17H,1-2H3. The summed E-state index contributed by atoms with van der Waals surface area (Å²) in [6, 6.07) is 5.76. The van der Waals surface area contributed by atoms with E-state index in [1.165, 1.54) is 12.1 Å². The SMILES string of the molecule is Cc1[nH]c(C)c(-c2nnc(-c3ccc(F)cc3)o2)c1C=O. The van der Waals surface area contributed by atoms with Gasteiger partial charge >= 0.3 is 0 Å². The molecule has 0 unspecified atom stereocenters. The molecule has 6 heteroatoms. The van der Waals surface area contributed by atoms with Crippen LogP contribution in [-0.4, -0.2) is 21.5 Å². The number of hydrogen-bond acceptors (Lipinski definition) is 4. The molecule has 5 nitrogen and oxygen atoms in total. The summed E-state index contributed by atoms with van der Waals surface area (Å²) in [4.78, 5) is 14.3. The van der Waals surface area contributed by atoms with Gasteiger partial charge in [0.05, 0.1) is 5.56 Å². The molecule has 0 bridgehead atoms. The van der Waals surface area contributed by atoms with Gasteiger partial charge in [0.25, 0.3) is 5.89 Å². The Balaban J connectivity index is 2.06. The fraction of sp³-hybridized carbons (Fsp3) is 0.133. The van der Waals surface area contributed by atoms with E-state index in [4.69, 9.17) is 4.42 Å². The Morgan fingerprint density at radius 3 is 2.43 bits per heavy atom. The van der Waals surface area contributed by atoms with E-state index >= 15 is 0 Å². The highest BCUT2D eigenvalue weighted by Gasteiger charge is 2.19. The summed E-state index contributed by atoms with van der Waals surface area (Å²) in [6.45, 7) is 3.63. The molecule has 0 spiro atoms. The summed E-state index contributed by atoms with van der Waals surface area (Å²) in [5, 5.41) is 7.93. The minimum absolute atomic E-state index is 0.262. The number of nitrogens with zero attached hydrogens (tertiary/aromatic N) is 2. The number of benzene rings is 1. The Hall–Kier alpha value is -2.76. The van der Waals surface area contributed by atoms with Gasteiger partial charge in [-0.05, 0) is 38.1 Å². The Morgan fingerprint density at radius 2 is 1.76 bits per heavy atom. The van der Waals surface area contributed by atoms with Gasteiger partial charge in [-0.15, -0.1) is 10.2 Å². The first-order valence-corrected chi connectivity index (χ1v) is 6.34. The molecule has 0 fully saturated rings. The number of hydrogen-bond donors (Lipinski definition) is 1. The molecule has 0 radical (unpaired) electrons. The topological polar surface area (TPSA) is 71.8 Å². The second kappa shape index (κ2) is 4.97. The Labute approximate surface area is 119 Å². The molecule has 0 aliphatic heterocycles. The fourth-order valence-electron chi connectivity index (χ4n) is 2.26. The molecule has 21 heavy (non-hydrogen) atoms. The minimum atomic E-state index is -0.334. The molecular weight excluding hydrogens is 273 g/mol. The largest absolute Gasteiger partial charge is 0.416 e. The lowest BCUT2D eigenvalue weighted by molar-refractivity contribution is 0.112. The van der Waals surface area contributed by atoms with Crippen LogP contribution in [0.25, 0.3) is 22.9 Å². The average molecular weight is 285 g/mol. The maximum atomic E-state index is 12.9. The zero-order valence-corrected chi connectivity index (χ0v) is 11.5. The highest BCUT2D eigenvalue weighted by molar-refractivity contribution is 5.88. The predicted molar refractivity (Wildman–Crippen MR) is 74.3 cm³/mol. The van der Waals surface area contributed by atoms with Crippen LogP contribution in [0.5, 0.6) is 0 Å². The van der Waals surface area contributed by atoms with Crippen LogP contribution < -0.4 is 0 Å². The lowest BCUT2D eigenvalue weighted by Gasteiger charge is -1.96. The summed E-state index contributed by atoms with van der Waals surface area (Å²) in [5.74, 6) is 0.206. The van der Waals surface area contributed by atoms with Crippen molar-refractivity contribution in [3.05, 3.63) is 47.0 Å². The number of nitrogens with one attached hydrogen (secondary N) is 1. The second-order valence-electron chi connectivity index (χ2n) is 4.70. The van der Waals surface area contributed by atoms with E-state index in [0.717, 1.165) is 17.7 Å². The molecule has 0 amide bonds. The second-order valence-corrected chi connectivity index (χ2v) is 4.70. The Kier molecular flexibility index (Phi) is 3.13. The lowest BCUT2D eigenvalue weighted by Crippen LogP contribution is -1.86. The quantitative estimate of drug-likeness (QED) is 0.749. The molecule has 106 valence electrons. The van der Waals surface area contributed by atoms with Gasteiger partial charge in [0.15, 0.2) is 6.29 Å². The first kappa shape index (κ1) is 13.2. The molecule has 1 aromatic carbocycles. The van der Waals surface area contributed by atoms with Gasteiger partial charge < -0.3 is 9.40 Å². The van der Waals surface area contributed by atoms with Crippen molar-refractivity contribution < 1.29 is 13.6 Å². The van der Waals surface area contributed by atoms with Crippen molar-refractivity contribution >= 4 is 6.29 Å². The fourth-order valence-corrected chi connectivity index (χ4v) is 2.26. The van der Waals surface area contributed by atoms with Gasteiger partial charge in [0, 0.05) is 22.5 Å². The molecule has 3 aromatic rings. The van der Waals surface area contributed by atoms with Crippen LogP contribution in [0.15, 0.2) is 28.7 Å². The van der Waals surface area contributed by atoms with Gasteiger partial charge in [-0.3, -0.25) is 4.79 Å². The molecule has 0 saturated heterocycles. The third-order valence-corrected chi connectivity index (χ3v) is 3.27. The molecule has 0 saturated carbocycles. The van der Waals surface area contributed by atoms with Crippen molar-refractivity contribution in [3.63, 3.8) is 0 Å². The molecule has 0 aliphatic carbocycles. The smallest absolute Gasteiger partial charge is 0.250 e. The van der Waals surface area contributed by atoms with E-state index in [1.54, 1.807) is 19.1 Å². The average Bonchev–Trinajstić information content (AvgIpc) is 3.03. The molecular formula is C15H12FN3O2. The number of carbonyl (C=O) groups is 1. The van der Waals surface area contributed by atoms with E-state index < -0.39 is 0 Å². The number of halogens is 1. The number of aromatic nitrogens is 3. The van der Waals surface area contributed by atoms with Gasteiger partial charge in [-0.1, -0.05) is 0 Å². The van der Waals surface area contributed by atoms with Gasteiger partial charge in [-0.2, -0.15) is 0 Å². The zero-order valence-electron chi connectivity index (χ0n) is 11.5. The van der Waals surface area contributed by atoms with E-state index in [9.17, 15) is 9.18 Å². The summed E-state index contributed by atoms with van der Waals surface area (Å²) >= 11 is 0. The van der Waals surface area contributed by atoms with Gasteiger partial charge in [0.2, 0.25) is 5.89 Å². The maximum absolute atomic E-state index is 12.9.